The van der Waals surface area contributed by atoms with E-state index < -0.39 is 5.97 Å². The van der Waals surface area contributed by atoms with Gasteiger partial charge in [-0.2, -0.15) is 0 Å². The van der Waals surface area contributed by atoms with Gasteiger partial charge in [-0.05, 0) is 30.3 Å². The molecule has 0 atom stereocenters. The predicted molar refractivity (Wildman–Crippen MR) is 70.7 cm³/mol. The van der Waals surface area contributed by atoms with Crippen molar-refractivity contribution >= 4 is 17.1 Å². The van der Waals surface area contributed by atoms with E-state index in [1.54, 1.807) is 30.3 Å². The maximum Gasteiger partial charge on any atom is 0.337 e. The van der Waals surface area contributed by atoms with Gasteiger partial charge in [-0.3, -0.25) is 0 Å². The highest BCUT2D eigenvalue weighted by Gasteiger charge is 2.12. The Morgan fingerprint density at radius 3 is 2.90 bits per heavy atom. The number of oxazole rings is 1. The van der Waals surface area contributed by atoms with Gasteiger partial charge in [-0.1, -0.05) is 6.07 Å². The van der Waals surface area contributed by atoms with Gasteiger partial charge in [-0.25, -0.2) is 14.2 Å². The van der Waals surface area contributed by atoms with Gasteiger partial charge in [0.1, 0.15) is 11.3 Å². The van der Waals surface area contributed by atoms with Gasteiger partial charge >= 0.3 is 5.97 Å². The number of carbonyl (C=O) groups excluding carboxylic acids is 1. The summed E-state index contributed by atoms with van der Waals surface area (Å²) < 4.78 is 23.3. The molecule has 0 saturated carbocycles. The summed E-state index contributed by atoms with van der Waals surface area (Å²) in [6, 6.07) is 10.9. The summed E-state index contributed by atoms with van der Waals surface area (Å²) in [6.45, 7) is 0. The highest BCUT2D eigenvalue weighted by Crippen LogP contribution is 2.25. The second-order valence-electron chi connectivity index (χ2n) is 4.20. The van der Waals surface area contributed by atoms with Gasteiger partial charge in [0.25, 0.3) is 0 Å². The first-order valence-electron chi connectivity index (χ1n) is 5.92. The van der Waals surface area contributed by atoms with Crippen LogP contribution in [0.3, 0.4) is 0 Å². The normalized spacial score (nSPS) is 10.7. The molecule has 0 saturated heterocycles. The molecule has 1 aromatic heterocycles. The number of hydrogen-bond donors (Lipinski definition) is 0. The lowest BCUT2D eigenvalue weighted by atomic mass is 10.1. The topological polar surface area (TPSA) is 52.3 Å². The number of esters is 1. The maximum atomic E-state index is 13.1. The van der Waals surface area contributed by atoms with Gasteiger partial charge in [0.2, 0.25) is 5.89 Å². The molecule has 0 spiro atoms. The number of benzene rings is 2. The first-order valence-corrected chi connectivity index (χ1v) is 5.92. The number of fused-ring (bicyclic) bond motifs is 1. The van der Waals surface area contributed by atoms with E-state index in [1.165, 1.54) is 19.2 Å². The molecule has 0 aliphatic rings. The molecule has 4 nitrogen and oxygen atoms in total. The lowest BCUT2D eigenvalue weighted by Gasteiger charge is -2.00. The summed E-state index contributed by atoms with van der Waals surface area (Å²) >= 11 is 0. The van der Waals surface area contributed by atoms with E-state index in [-0.39, 0.29) is 5.82 Å². The Morgan fingerprint density at radius 1 is 1.25 bits per heavy atom. The molecular weight excluding hydrogens is 261 g/mol. The van der Waals surface area contributed by atoms with Crippen molar-refractivity contribution in [2.45, 2.75) is 0 Å². The van der Waals surface area contributed by atoms with E-state index in [1.807, 2.05) is 0 Å². The van der Waals surface area contributed by atoms with Crippen LogP contribution in [0.1, 0.15) is 10.4 Å². The number of hydrogen-bond acceptors (Lipinski definition) is 4. The third-order valence-electron chi connectivity index (χ3n) is 2.88. The molecule has 0 N–H and O–H groups in total. The molecule has 0 aliphatic carbocycles. The van der Waals surface area contributed by atoms with Crippen LogP contribution in [0.15, 0.2) is 46.9 Å². The van der Waals surface area contributed by atoms with Crippen LogP contribution in [-0.2, 0) is 4.74 Å². The van der Waals surface area contributed by atoms with Crippen molar-refractivity contribution in [2.75, 3.05) is 7.11 Å². The van der Waals surface area contributed by atoms with Crippen molar-refractivity contribution in [3.63, 3.8) is 0 Å². The molecule has 0 bridgehead atoms. The largest absolute Gasteiger partial charge is 0.465 e. The monoisotopic (exact) mass is 271 g/mol. The highest BCUT2D eigenvalue weighted by molar-refractivity contribution is 5.90. The minimum Gasteiger partial charge on any atom is -0.465 e. The van der Waals surface area contributed by atoms with Crippen LogP contribution in [0.25, 0.3) is 22.6 Å². The molecule has 0 amide bonds. The number of ether oxygens (including phenoxy) is 1. The van der Waals surface area contributed by atoms with Crippen molar-refractivity contribution in [2.24, 2.45) is 0 Å². The van der Waals surface area contributed by atoms with Crippen LogP contribution in [0, 0.1) is 5.82 Å². The SMILES string of the molecule is COC(=O)c1cccc(-c2nc3ccc(F)cc3o2)c1. The molecule has 100 valence electrons. The summed E-state index contributed by atoms with van der Waals surface area (Å²) in [4.78, 5) is 15.8. The Morgan fingerprint density at radius 2 is 2.10 bits per heavy atom. The minimum absolute atomic E-state index is 0.330. The first kappa shape index (κ1) is 12.3. The zero-order valence-corrected chi connectivity index (χ0v) is 10.6. The molecule has 0 radical (unpaired) electrons. The zero-order valence-electron chi connectivity index (χ0n) is 10.6. The molecule has 20 heavy (non-hydrogen) atoms. The summed E-state index contributed by atoms with van der Waals surface area (Å²) in [6.07, 6.45) is 0. The van der Waals surface area contributed by atoms with Gasteiger partial charge in [-0.15, -0.1) is 0 Å². The summed E-state index contributed by atoms with van der Waals surface area (Å²) in [5.74, 6) is -0.492. The molecule has 0 aliphatic heterocycles. The van der Waals surface area contributed by atoms with Gasteiger partial charge < -0.3 is 9.15 Å². The van der Waals surface area contributed by atoms with Gasteiger partial charge in [0.05, 0.1) is 12.7 Å². The zero-order chi connectivity index (χ0) is 14.1. The highest BCUT2D eigenvalue weighted by atomic mass is 19.1. The first-order chi connectivity index (χ1) is 9.67. The number of methoxy groups -OCH3 is 1. The van der Waals surface area contributed by atoms with E-state index in [0.29, 0.717) is 28.1 Å². The van der Waals surface area contributed by atoms with E-state index >= 15 is 0 Å². The Labute approximate surface area is 113 Å². The quantitative estimate of drug-likeness (QED) is 0.670. The predicted octanol–water partition coefficient (Wildman–Crippen LogP) is 3.42. The Bertz CT molecular complexity index is 795. The smallest absolute Gasteiger partial charge is 0.337 e. The van der Waals surface area contributed by atoms with Crippen LogP contribution in [0.2, 0.25) is 0 Å². The van der Waals surface area contributed by atoms with Crippen molar-refractivity contribution in [1.29, 1.82) is 0 Å². The van der Waals surface area contributed by atoms with E-state index in [2.05, 4.69) is 9.72 Å². The molecule has 2 aromatic carbocycles. The molecule has 1 heterocycles. The van der Waals surface area contributed by atoms with Crippen LogP contribution in [0.4, 0.5) is 4.39 Å². The minimum atomic E-state index is -0.436. The van der Waals surface area contributed by atoms with Crippen LogP contribution >= 0.6 is 0 Å². The maximum absolute atomic E-state index is 13.1. The van der Waals surface area contributed by atoms with Crippen molar-refractivity contribution in [1.82, 2.24) is 4.98 Å². The second kappa shape index (κ2) is 4.77. The Kier molecular flexibility index (Phi) is 2.95. The summed E-state index contributed by atoms with van der Waals surface area (Å²) in [5, 5.41) is 0. The van der Waals surface area contributed by atoms with Crippen LogP contribution < -0.4 is 0 Å². The fourth-order valence-electron chi connectivity index (χ4n) is 1.92. The standard InChI is InChI=1S/C15H10FNO3/c1-19-15(18)10-4-2-3-9(7-10)14-17-12-6-5-11(16)8-13(12)20-14/h2-8H,1H3. The molecule has 3 rings (SSSR count). The molecular formula is C15H10FNO3. The average molecular weight is 271 g/mol. The molecule has 0 fully saturated rings. The molecule has 5 heteroatoms. The lowest BCUT2D eigenvalue weighted by molar-refractivity contribution is 0.0601. The van der Waals surface area contributed by atoms with Crippen LogP contribution in [0.5, 0.6) is 0 Å². The summed E-state index contributed by atoms with van der Waals surface area (Å²) in [5.41, 5.74) is 1.95. The molecule has 0 unspecified atom stereocenters. The van der Waals surface area contributed by atoms with Crippen LogP contribution in [-0.4, -0.2) is 18.1 Å². The third kappa shape index (κ3) is 2.14. The number of nitrogens with zero attached hydrogens (tertiary/aromatic N) is 1. The van der Waals surface area contributed by atoms with Crippen molar-refractivity contribution in [3.8, 4) is 11.5 Å². The van der Waals surface area contributed by atoms with E-state index in [0.717, 1.165) is 0 Å². The number of aromatic nitrogens is 1. The van der Waals surface area contributed by atoms with E-state index in [9.17, 15) is 9.18 Å². The number of rotatable bonds is 2. The Balaban J connectivity index is 2.08. The second-order valence-corrected chi connectivity index (χ2v) is 4.20. The van der Waals surface area contributed by atoms with E-state index in [4.69, 9.17) is 4.42 Å². The fourth-order valence-corrected chi connectivity index (χ4v) is 1.92. The van der Waals surface area contributed by atoms with Crippen molar-refractivity contribution in [3.05, 3.63) is 53.8 Å². The third-order valence-corrected chi connectivity index (χ3v) is 2.88. The van der Waals surface area contributed by atoms with Gasteiger partial charge in [0.15, 0.2) is 5.58 Å². The van der Waals surface area contributed by atoms with Gasteiger partial charge in [0, 0.05) is 11.6 Å². The Hall–Kier alpha value is -2.69. The number of halogens is 1. The number of carbonyl (C=O) groups is 1. The molecule has 3 aromatic rings. The average Bonchev–Trinajstić information content (AvgIpc) is 2.89. The lowest BCUT2D eigenvalue weighted by Crippen LogP contribution is -2.00. The van der Waals surface area contributed by atoms with Crippen molar-refractivity contribution < 1.29 is 18.3 Å². The summed E-state index contributed by atoms with van der Waals surface area (Å²) in [7, 11) is 1.32. The fraction of sp³-hybridized carbons (Fsp3) is 0.0667.